The Morgan fingerprint density at radius 1 is 1.12 bits per heavy atom. The Morgan fingerprint density at radius 2 is 1.69 bits per heavy atom. The van der Waals surface area contributed by atoms with Crippen LogP contribution in [-0.4, -0.2) is 0 Å². The molecule has 0 bridgehead atoms. The fourth-order valence-electron chi connectivity index (χ4n) is 3.63. The Hall–Kier alpha value is -0.820. The minimum atomic E-state index is 0.0305. The maximum atomic E-state index is 6.61. The molecule has 1 heteroatoms. The van der Waals surface area contributed by atoms with E-state index in [0.717, 1.165) is 18.3 Å². The van der Waals surface area contributed by atoms with Crippen LogP contribution < -0.4 is 5.73 Å². The summed E-state index contributed by atoms with van der Waals surface area (Å²) in [7, 11) is 0. The third-order valence-electron chi connectivity index (χ3n) is 4.75. The van der Waals surface area contributed by atoms with Crippen LogP contribution in [0.2, 0.25) is 0 Å². The summed E-state index contributed by atoms with van der Waals surface area (Å²) in [4.78, 5) is 0. The Labute approximate surface area is 98.0 Å². The molecule has 2 atom stereocenters. The van der Waals surface area contributed by atoms with Gasteiger partial charge in [0.1, 0.15) is 0 Å². The first-order valence-corrected chi connectivity index (χ1v) is 6.65. The normalized spacial score (nSPS) is 36.9. The molecule has 1 nitrogen and oxygen atoms in total. The molecule has 1 aromatic rings. The minimum Gasteiger partial charge on any atom is -0.321 e. The van der Waals surface area contributed by atoms with Crippen LogP contribution >= 0.6 is 0 Å². The van der Waals surface area contributed by atoms with E-state index in [2.05, 4.69) is 31.2 Å². The van der Waals surface area contributed by atoms with Gasteiger partial charge in [-0.15, -0.1) is 0 Å². The lowest BCUT2D eigenvalue weighted by molar-refractivity contribution is 0.480. The van der Waals surface area contributed by atoms with E-state index < -0.39 is 0 Å². The SMILES string of the molecule is CCc1ccc(C2(N)C3CCCCC32)cc1. The van der Waals surface area contributed by atoms with Crippen molar-refractivity contribution in [2.24, 2.45) is 17.6 Å². The molecule has 2 fully saturated rings. The highest BCUT2D eigenvalue weighted by Crippen LogP contribution is 2.62. The lowest BCUT2D eigenvalue weighted by atomic mass is 9.99. The van der Waals surface area contributed by atoms with Crippen molar-refractivity contribution < 1.29 is 0 Å². The largest absolute Gasteiger partial charge is 0.321 e. The number of fused-ring (bicyclic) bond motifs is 1. The van der Waals surface area contributed by atoms with Crippen LogP contribution in [-0.2, 0) is 12.0 Å². The molecular weight excluding hydrogens is 194 g/mol. The predicted molar refractivity (Wildman–Crippen MR) is 67.1 cm³/mol. The van der Waals surface area contributed by atoms with Gasteiger partial charge in [0.25, 0.3) is 0 Å². The van der Waals surface area contributed by atoms with Gasteiger partial charge in [0.2, 0.25) is 0 Å². The monoisotopic (exact) mass is 215 g/mol. The average molecular weight is 215 g/mol. The van der Waals surface area contributed by atoms with E-state index >= 15 is 0 Å². The van der Waals surface area contributed by atoms with E-state index in [9.17, 15) is 0 Å². The summed E-state index contributed by atoms with van der Waals surface area (Å²) >= 11 is 0. The van der Waals surface area contributed by atoms with Gasteiger partial charge < -0.3 is 5.73 Å². The van der Waals surface area contributed by atoms with Crippen molar-refractivity contribution in [3.05, 3.63) is 35.4 Å². The molecule has 0 aliphatic heterocycles. The first kappa shape index (κ1) is 10.3. The summed E-state index contributed by atoms with van der Waals surface area (Å²) in [6, 6.07) is 9.01. The zero-order valence-corrected chi connectivity index (χ0v) is 10.1. The summed E-state index contributed by atoms with van der Waals surface area (Å²) in [5.74, 6) is 1.54. The molecule has 0 saturated heterocycles. The second-order valence-electron chi connectivity index (χ2n) is 5.48. The van der Waals surface area contributed by atoms with Gasteiger partial charge in [-0.05, 0) is 42.2 Å². The van der Waals surface area contributed by atoms with Crippen LogP contribution in [0.4, 0.5) is 0 Å². The zero-order valence-electron chi connectivity index (χ0n) is 10.1. The van der Waals surface area contributed by atoms with Gasteiger partial charge in [-0.25, -0.2) is 0 Å². The number of hydrogen-bond donors (Lipinski definition) is 1. The fourth-order valence-corrected chi connectivity index (χ4v) is 3.63. The average Bonchev–Trinajstić information content (AvgIpc) is 2.98. The maximum Gasteiger partial charge on any atom is 0.0473 e. The first-order valence-electron chi connectivity index (χ1n) is 6.65. The Morgan fingerprint density at radius 3 is 2.19 bits per heavy atom. The van der Waals surface area contributed by atoms with Crippen molar-refractivity contribution in [2.45, 2.75) is 44.6 Å². The van der Waals surface area contributed by atoms with Gasteiger partial charge in [0.15, 0.2) is 0 Å². The van der Waals surface area contributed by atoms with Crippen molar-refractivity contribution >= 4 is 0 Å². The summed E-state index contributed by atoms with van der Waals surface area (Å²) in [6.07, 6.45) is 6.57. The highest BCUT2D eigenvalue weighted by molar-refractivity contribution is 5.37. The lowest BCUT2D eigenvalue weighted by Crippen LogP contribution is -2.23. The Kier molecular flexibility index (Phi) is 2.32. The summed E-state index contributed by atoms with van der Waals surface area (Å²) in [5, 5.41) is 0. The Balaban J connectivity index is 1.86. The molecule has 0 spiro atoms. The van der Waals surface area contributed by atoms with Crippen molar-refractivity contribution in [1.29, 1.82) is 0 Å². The van der Waals surface area contributed by atoms with Crippen molar-refractivity contribution in [1.82, 2.24) is 0 Å². The molecule has 2 aliphatic carbocycles. The van der Waals surface area contributed by atoms with Crippen LogP contribution in [0, 0.1) is 11.8 Å². The van der Waals surface area contributed by atoms with Gasteiger partial charge in [-0.2, -0.15) is 0 Å². The van der Waals surface area contributed by atoms with Crippen molar-refractivity contribution in [2.75, 3.05) is 0 Å². The topological polar surface area (TPSA) is 26.0 Å². The quantitative estimate of drug-likeness (QED) is 0.805. The van der Waals surface area contributed by atoms with E-state index in [-0.39, 0.29) is 5.54 Å². The number of nitrogens with two attached hydrogens (primary N) is 1. The van der Waals surface area contributed by atoms with Gasteiger partial charge in [0, 0.05) is 5.54 Å². The molecule has 3 rings (SSSR count). The third kappa shape index (κ3) is 1.34. The molecule has 1 aromatic carbocycles. The number of rotatable bonds is 2. The molecule has 2 aliphatic rings. The van der Waals surface area contributed by atoms with Gasteiger partial charge in [-0.3, -0.25) is 0 Å². The van der Waals surface area contributed by atoms with Crippen molar-refractivity contribution in [3.8, 4) is 0 Å². The van der Waals surface area contributed by atoms with Gasteiger partial charge in [0.05, 0.1) is 0 Å². The van der Waals surface area contributed by atoms with Gasteiger partial charge in [-0.1, -0.05) is 44.0 Å². The van der Waals surface area contributed by atoms with E-state index in [0.29, 0.717) is 0 Å². The smallest absolute Gasteiger partial charge is 0.0473 e. The number of aryl methyl sites for hydroxylation is 1. The molecular formula is C15H21N. The standard InChI is InChI=1S/C15H21N/c1-2-11-7-9-12(10-8-11)15(16)13-5-3-4-6-14(13)15/h7-10,13-14H,2-6,16H2,1H3. The second-order valence-corrected chi connectivity index (χ2v) is 5.48. The molecule has 0 heterocycles. The van der Waals surface area contributed by atoms with Crippen molar-refractivity contribution in [3.63, 3.8) is 0 Å². The maximum absolute atomic E-state index is 6.61. The molecule has 0 aromatic heterocycles. The molecule has 2 unspecified atom stereocenters. The van der Waals surface area contributed by atoms with Crippen LogP contribution in [0.15, 0.2) is 24.3 Å². The second kappa shape index (κ2) is 3.59. The molecule has 0 radical (unpaired) electrons. The molecule has 16 heavy (non-hydrogen) atoms. The summed E-state index contributed by atoms with van der Waals surface area (Å²) in [6.45, 7) is 2.20. The zero-order chi connectivity index (χ0) is 11.2. The van der Waals surface area contributed by atoms with Gasteiger partial charge >= 0.3 is 0 Å². The molecule has 0 amide bonds. The van der Waals surface area contributed by atoms with E-state index in [1.54, 1.807) is 0 Å². The van der Waals surface area contributed by atoms with E-state index in [1.165, 1.54) is 36.8 Å². The lowest BCUT2D eigenvalue weighted by Gasteiger charge is -2.12. The number of hydrogen-bond acceptors (Lipinski definition) is 1. The summed E-state index contributed by atoms with van der Waals surface area (Å²) < 4.78 is 0. The van der Waals surface area contributed by atoms with Crippen LogP contribution in [0.3, 0.4) is 0 Å². The van der Waals surface area contributed by atoms with Crippen LogP contribution in [0.1, 0.15) is 43.7 Å². The molecule has 86 valence electrons. The predicted octanol–water partition coefficient (Wildman–Crippen LogP) is 3.22. The molecule has 2 N–H and O–H groups in total. The van der Waals surface area contributed by atoms with E-state index in [1.807, 2.05) is 0 Å². The number of benzene rings is 1. The van der Waals surface area contributed by atoms with E-state index in [4.69, 9.17) is 5.73 Å². The highest BCUT2D eigenvalue weighted by Gasteiger charge is 2.62. The van der Waals surface area contributed by atoms with Crippen LogP contribution in [0.5, 0.6) is 0 Å². The first-order chi connectivity index (χ1) is 7.76. The fraction of sp³-hybridized carbons (Fsp3) is 0.600. The minimum absolute atomic E-state index is 0.0305. The summed E-state index contributed by atoms with van der Waals surface area (Å²) in [5.41, 5.74) is 9.43. The Bertz CT molecular complexity index is 367. The highest BCUT2D eigenvalue weighted by atomic mass is 14.9. The molecule has 2 saturated carbocycles. The van der Waals surface area contributed by atoms with Crippen LogP contribution in [0.25, 0.3) is 0 Å². The third-order valence-corrected chi connectivity index (χ3v) is 4.75.